The molecule has 1 aliphatic rings. The quantitative estimate of drug-likeness (QED) is 0.742. The number of quaternary nitrogens is 1. The lowest BCUT2D eigenvalue weighted by atomic mass is 10.1. The molecule has 0 aromatic heterocycles. The van der Waals surface area contributed by atoms with Gasteiger partial charge in [0.1, 0.15) is 0 Å². The average molecular weight is 396 g/mol. The van der Waals surface area contributed by atoms with Gasteiger partial charge >= 0.3 is 6.03 Å². The van der Waals surface area contributed by atoms with Gasteiger partial charge in [0.15, 0.2) is 6.54 Å². The fourth-order valence-corrected chi connectivity index (χ4v) is 3.82. The highest BCUT2D eigenvalue weighted by Crippen LogP contribution is 2.22. The first kappa shape index (κ1) is 20.9. The maximum atomic E-state index is 12.3. The van der Waals surface area contributed by atoms with Crippen molar-refractivity contribution in [3.8, 4) is 0 Å². The third-order valence-corrected chi connectivity index (χ3v) is 5.68. The van der Waals surface area contributed by atoms with Crippen molar-refractivity contribution in [1.82, 2.24) is 5.32 Å². The zero-order chi connectivity index (χ0) is 21.0. The third-order valence-electron chi connectivity index (χ3n) is 5.68. The van der Waals surface area contributed by atoms with Crippen LogP contribution in [0.1, 0.15) is 22.3 Å². The van der Waals surface area contributed by atoms with Crippen LogP contribution in [-0.4, -0.2) is 44.7 Å². The second-order valence-electron chi connectivity index (χ2n) is 7.95. The van der Waals surface area contributed by atoms with Crippen molar-refractivity contribution >= 4 is 23.3 Å². The molecule has 2 aromatic rings. The van der Waals surface area contributed by atoms with E-state index in [1.807, 2.05) is 32.0 Å². The van der Waals surface area contributed by atoms with E-state index in [1.165, 1.54) is 21.7 Å². The van der Waals surface area contributed by atoms with E-state index >= 15 is 0 Å². The van der Waals surface area contributed by atoms with E-state index in [2.05, 4.69) is 47.6 Å². The smallest absolute Gasteiger partial charge is 0.326 e. The number of hydrogen-bond acceptors (Lipinski definition) is 3. The third kappa shape index (κ3) is 5.35. The van der Waals surface area contributed by atoms with Gasteiger partial charge < -0.3 is 15.1 Å². The van der Waals surface area contributed by atoms with E-state index in [-0.39, 0.29) is 5.91 Å². The molecule has 154 valence electrons. The summed E-state index contributed by atoms with van der Waals surface area (Å²) in [5.74, 6) is -0.248. The van der Waals surface area contributed by atoms with Crippen LogP contribution >= 0.6 is 0 Å². The molecule has 0 saturated carbocycles. The van der Waals surface area contributed by atoms with Crippen molar-refractivity contribution < 1.29 is 14.5 Å². The molecule has 1 aliphatic heterocycles. The number of hydrogen-bond donors (Lipinski definition) is 3. The zero-order valence-electron chi connectivity index (χ0n) is 17.8. The number of nitrogens with zero attached hydrogens (tertiary/aromatic N) is 1. The fraction of sp³-hybridized carbons (Fsp3) is 0.391. The summed E-state index contributed by atoms with van der Waals surface area (Å²) in [5.41, 5.74) is 6.72. The van der Waals surface area contributed by atoms with Gasteiger partial charge in [-0.1, -0.05) is 29.8 Å². The Balaban J connectivity index is 1.47. The van der Waals surface area contributed by atoms with Crippen LogP contribution in [0.2, 0.25) is 0 Å². The van der Waals surface area contributed by atoms with Crippen LogP contribution < -0.4 is 20.4 Å². The van der Waals surface area contributed by atoms with Gasteiger partial charge in [-0.05, 0) is 56.5 Å². The van der Waals surface area contributed by atoms with E-state index in [1.54, 1.807) is 0 Å². The molecule has 0 unspecified atom stereocenters. The summed E-state index contributed by atoms with van der Waals surface area (Å²) in [6.45, 7) is 12.1. The van der Waals surface area contributed by atoms with Crippen molar-refractivity contribution in [3.63, 3.8) is 0 Å². The van der Waals surface area contributed by atoms with Crippen LogP contribution in [0.25, 0.3) is 0 Å². The number of carbonyl (C=O) groups excluding carboxylic acids is 2. The molecular weight excluding hydrogens is 364 g/mol. The molecule has 3 amide bonds. The molecule has 0 aliphatic carbocycles. The van der Waals surface area contributed by atoms with Crippen LogP contribution in [0.15, 0.2) is 36.4 Å². The van der Waals surface area contributed by atoms with E-state index in [4.69, 9.17) is 0 Å². The Kier molecular flexibility index (Phi) is 6.54. The van der Waals surface area contributed by atoms with E-state index in [0.717, 1.165) is 43.0 Å². The summed E-state index contributed by atoms with van der Waals surface area (Å²) in [5, 5.41) is 5.21. The van der Waals surface area contributed by atoms with Crippen LogP contribution in [0, 0.1) is 27.7 Å². The molecule has 0 spiro atoms. The predicted octanol–water partition coefficient (Wildman–Crippen LogP) is 1.97. The fourth-order valence-electron chi connectivity index (χ4n) is 3.82. The molecular formula is C23H31N4O2+. The molecule has 6 heteroatoms. The minimum atomic E-state index is -0.477. The Morgan fingerprint density at radius 2 is 1.72 bits per heavy atom. The van der Waals surface area contributed by atoms with Crippen LogP contribution in [0.4, 0.5) is 16.2 Å². The lowest BCUT2D eigenvalue weighted by Crippen LogP contribution is -3.16. The summed E-state index contributed by atoms with van der Waals surface area (Å²) in [4.78, 5) is 28.0. The Morgan fingerprint density at radius 3 is 2.41 bits per heavy atom. The van der Waals surface area contributed by atoms with Gasteiger partial charge in [0, 0.05) is 11.4 Å². The number of anilines is 2. The van der Waals surface area contributed by atoms with Crippen LogP contribution in [0.5, 0.6) is 0 Å². The molecule has 0 radical (unpaired) electrons. The van der Waals surface area contributed by atoms with Gasteiger partial charge in [-0.15, -0.1) is 0 Å². The number of piperazine rings is 1. The topological polar surface area (TPSA) is 65.9 Å². The van der Waals surface area contributed by atoms with E-state index < -0.39 is 6.03 Å². The summed E-state index contributed by atoms with van der Waals surface area (Å²) in [7, 11) is 0. The average Bonchev–Trinajstić information content (AvgIpc) is 2.67. The van der Waals surface area contributed by atoms with E-state index in [0.29, 0.717) is 6.54 Å². The lowest BCUT2D eigenvalue weighted by molar-refractivity contribution is -0.892. The maximum Gasteiger partial charge on any atom is 0.326 e. The Morgan fingerprint density at radius 1 is 1.00 bits per heavy atom. The molecule has 0 bridgehead atoms. The molecule has 2 aromatic carbocycles. The number of imide groups is 1. The number of benzene rings is 2. The summed E-state index contributed by atoms with van der Waals surface area (Å²) < 4.78 is 0. The van der Waals surface area contributed by atoms with Crippen LogP contribution in [0.3, 0.4) is 0 Å². The monoisotopic (exact) mass is 395 g/mol. The molecule has 0 atom stereocenters. The van der Waals surface area contributed by atoms with Gasteiger partial charge in [0.05, 0.1) is 26.2 Å². The van der Waals surface area contributed by atoms with Crippen molar-refractivity contribution in [2.45, 2.75) is 27.7 Å². The second-order valence-corrected chi connectivity index (χ2v) is 7.95. The maximum absolute atomic E-state index is 12.3. The van der Waals surface area contributed by atoms with Gasteiger partial charge in [0.25, 0.3) is 5.91 Å². The van der Waals surface area contributed by atoms with Gasteiger partial charge in [-0.25, -0.2) is 4.79 Å². The lowest BCUT2D eigenvalue weighted by Gasteiger charge is -2.34. The first-order valence-corrected chi connectivity index (χ1v) is 10.2. The largest absolute Gasteiger partial charge is 0.360 e. The molecule has 6 nitrogen and oxygen atoms in total. The van der Waals surface area contributed by atoms with Crippen molar-refractivity contribution in [2.24, 2.45) is 0 Å². The van der Waals surface area contributed by atoms with Gasteiger partial charge in [-0.3, -0.25) is 10.1 Å². The van der Waals surface area contributed by atoms with Crippen LogP contribution in [-0.2, 0) is 4.79 Å². The Bertz CT molecular complexity index is 902. The summed E-state index contributed by atoms with van der Waals surface area (Å²) >= 11 is 0. The molecule has 1 fully saturated rings. The first-order valence-electron chi connectivity index (χ1n) is 10.2. The molecule has 29 heavy (non-hydrogen) atoms. The predicted molar refractivity (Wildman–Crippen MR) is 117 cm³/mol. The number of nitrogens with one attached hydrogen (secondary N) is 3. The van der Waals surface area contributed by atoms with E-state index in [9.17, 15) is 9.59 Å². The summed E-state index contributed by atoms with van der Waals surface area (Å²) in [6.07, 6.45) is 0. The standard InChI is InChI=1S/C23H30N4O2/c1-16-8-9-20(18(3)14-16)24-23(29)25-22(28)15-26-10-12-27(13-11-26)21-7-5-6-17(2)19(21)4/h5-9,14H,10-13,15H2,1-4H3,(H2,24,25,28,29)/p+1. The Hall–Kier alpha value is -2.86. The first-order chi connectivity index (χ1) is 13.8. The molecule has 3 rings (SSSR count). The highest BCUT2D eigenvalue weighted by atomic mass is 16.2. The number of amides is 3. The van der Waals surface area contributed by atoms with Gasteiger partial charge in [-0.2, -0.15) is 0 Å². The minimum absolute atomic E-state index is 0.248. The van der Waals surface area contributed by atoms with Gasteiger partial charge in [0.2, 0.25) is 0 Å². The minimum Gasteiger partial charge on any atom is -0.360 e. The number of rotatable bonds is 4. The van der Waals surface area contributed by atoms with Crippen molar-refractivity contribution in [1.29, 1.82) is 0 Å². The molecule has 1 heterocycles. The molecule has 1 saturated heterocycles. The highest BCUT2D eigenvalue weighted by Gasteiger charge is 2.24. The normalized spacial score (nSPS) is 14.6. The number of urea groups is 1. The van der Waals surface area contributed by atoms with Crippen molar-refractivity contribution in [3.05, 3.63) is 58.7 Å². The number of aryl methyl sites for hydroxylation is 3. The SMILES string of the molecule is Cc1ccc(NC(=O)NC(=O)C[NH+]2CCN(c3cccc(C)c3C)CC2)c(C)c1. The second kappa shape index (κ2) is 9.09. The molecule has 3 N–H and O–H groups in total. The van der Waals surface area contributed by atoms with Crippen molar-refractivity contribution in [2.75, 3.05) is 42.9 Å². The summed E-state index contributed by atoms with van der Waals surface area (Å²) in [6, 6.07) is 11.7. The number of carbonyl (C=O) groups is 2. The Labute approximate surface area is 172 Å². The highest BCUT2D eigenvalue weighted by molar-refractivity contribution is 6.01. The zero-order valence-corrected chi connectivity index (χ0v) is 17.8.